The van der Waals surface area contributed by atoms with Gasteiger partial charge in [0.25, 0.3) is 0 Å². The van der Waals surface area contributed by atoms with Crippen LogP contribution in [0.5, 0.6) is 0 Å². The van der Waals surface area contributed by atoms with Crippen molar-refractivity contribution in [2.45, 2.75) is 18.1 Å². The number of nitrogens with one attached hydrogen (secondary N) is 1. The van der Waals surface area contributed by atoms with Gasteiger partial charge in [0.2, 0.25) is 5.91 Å². The number of rotatable bonds is 4. The number of hydrogen-bond donors (Lipinski definition) is 2. The normalized spacial score (nSPS) is 10.1. The molecule has 1 aromatic rings. The lowest BCUT2D eigenvalue weighted by Gasteiger charge is -2.00. The van der Waals surface area contributed by atoms with Gasteiger partial charge >= 0.3 is 0 Å². The van der Waals surface area contributed by atoms with Crippen molar-refractivity contribution < 1.29 is 4.79 Å². The molecule has 0 aliphatic heterocycles. The van der Waals surface area contributed by atoms with E-state index in [1.54, 1.807) is 11.8 Å². The summed E-state index contributed by atoms with van der Waals surface area (Å²) in [7, 11) is 0. The van der Waals surface area contributed by atoms with Gasteiger partial charge in [0, 0.05) is 19.2 Å². The molecular formula is C8H13N3OS2. The minimum Gasteiger partial charge on any atom is -0.375 e. The van der Waals surface area contributed by atoms with E-state index in [1.807, 2.05) is 6.92 Å². The van der Waals surface area contributed by atoms with Crippen molar-refractivity contribution in [3.8, 4) is 0 Å². The van der Waals surface area contributed by atoms with E-state index in [0.29, 0.717) is 11.7 Å². The zero-order valence-electron chi connectivity index (χ0n) is 8.16. The summed E-state index contributed by atoms with van der Waals surface area (Å²) in [5.74, 6) is 0.855. The summed E-state index contributed by atoms with van der Waals surface area (Å²) < 4.78 is 1.13. The lowest BCUT2D eigenvalue weighted by atomic mass is 10.6. The van der Waals surface area contributed by atoms with Crippen LogP contribution in [0.4, 0.5) is 5.13 Å². The van der Waals surface area contributed by atoms with E-state index in [9.17, 15) is 4.79 Å². The quantitative estimate of drug-likeness (QED) is 0.605. The van der Waals surface area contributed by atoms with Crippen molar-refractivity contribution in [2.24, 2.45) is 0 Å². The van der Waals surface area contributed by atoms with E-state index >= 15 is 0 Å². The summed E-state index contributed by atoms with van der Waals surface area (Å²) in [4.78, 5) is 14.7. The van der Waals surface area contributed by atoms with Crippen molar-refractivity contribution in [1.29, 1.82) is 0 Å². The van der Waals surface area contributed by atoms with Gasteiger partial charge in [-0.15, -0.1) is 11.8 Å². The van der Waals surface area contributed by atoms with Crippen LogP contribution >= 0.6 is 23.1 Å². The standard InChI is InChI=1S/C8H13N3OS2/c1-5-7(14-8(9)11-5)13-4-3-10-6(2)12/h3-4H2,1-2H3,(H2,9,11)(H,10,12). The second-order valence-corrected chi connectivity index (χ2v) is 5.15. The predicted octanol–water partition coefficient (Wildman–Crippen LogP) is 1.26. The lowest BCUT2D eigenvalue weighted by Crippen LogP contribution is -2.22. The molecule has 14 heavy (non-hydrogen) atoms. The number of thioether (sulfide) groups is 1. The number of carbonyl (C=O) groups is 1. The average molecular weight is 231 g/mol. The summed E-state index contributed by atoms with van der Waals surface area (Å²) in [6, 6.07) is 0. The Balaban J connectivity index is 2.31. The van der Waals surface area contributed by atoms with E-state index in [-0.39, 0.29) is 5.91 Å². The van der Waals surface area contributed by atoms with Crippen molar-refractivity contribution >= 4 is 34.1 Å². The van der Waals surface area contributed by atoms with Crippen LogP contribution in [0.2, 0.25) is 0 Å². The zero-order valence-corrected chi connectivity index (χ0v) is 9.80. The Kier molecular flexibility index (Phi) is 4.21. The number of nitrogens with zero attached hydrogens (tertiary/aromatic N) is 1. The molecule has 1 amide bonds. The Morgan fingerprint density at radius 2 is 2.43 bits per heavy atom. The molecule has 0 saturated carbocycles. The third kappa shape index (κ3) is 3.55. The second kappa shape index (κ2) is 5.21. The number of amides is 1. The Morgan fingerprint density at radius 3 is 2.93 bits per heavy atom. The van der Waals surface area contributed by atoms with Gasteiger partial charge in [-0.3, -0.25) is 4.79 Å². The van der Waals surface area contributed by atoms with Crippen LogP contribution in [0.3, 0.4) is 0 Å². The van der Waals surface area contributed by atoms with Crippen LogP contribution in [0.15, 0.2) is 4.21 Å². The topological polar surface area (TPSA) is 68.0 Å². The molecule has 0 unspecified atom stereocenters. The molecule has 1 rings (SSSR count). The zero-order chi connectivity index (χ0) is 10.6. The molecule has 0 aliphatic rings. The average Bonchev–Trinajstić information content (AvgIpc) is 2.39. The third-order valence-corrected chi connectivity index (χ3v) is 3.83. The number of nitrogens with two attached hydrogens (primary N) is 1. The maximum atomic E-state index is 10.6. The molecule has 3 N–H and O–H groups in total. The molecule has 0 aromatic carbocycles. The third-order valence-electron chi connectivity index (χ3n) is 1.48. The summed E-state index contributed by atoms with van der Waals surface area (Å²) in [5, 5.41) is 3.34. The minimum absolute atomic E-state index is 0.00569. The van der Waals surface area contributed by atoms with Crippen LogP contribution in [-0.2, 0) is 4.79 Å². The number of aryl methyl sites for hydroxylation is 1. The maximum Gasteiger partial charge on any atom is 0.216 e. The molecule has 4 nitrogen and oxygen atoms in total. The van der Waals surface area contributed by atoms with Gasteiger partial charge in [-0.25, -0.2) is 4.98 Å². The van der Waals surface area contributed by atoms with E-state index in [1.165, 1.54) is 18.3 Å². The molecule has 1 aromatic heterocycles. The first-order valence-corrected chi connectivity index (χ1v) is 6.00. The highest BCUT2D eigenvalue weighted by atomic mass is 32.2. The molecule has 0 aliphatic carbocycles. The maximum absolute atomic E-state index is 10.6. The first-order chi connectivity index (χ1) is 6.59. The number of anilines is 1. The number of hydrogen-bond acceptors (Lipinski definition) is 5. The van der Waals surface area contributed by atoms with Gasteiger partial charge in [0.05, 0.1) is 9.90 Å². The van der Waals surface area contributed by atoms with E-state index in [0.717, 1.165) is 15.7 Å². The summed E-state index contributed by atoms with van der Waals surface area (Å²) >= 11 is 3.16. The van der Waals surface area contributed by atoms with Gasteiger partial charge in [-0.1, -0.05) is 11.3 Å². The highest BCUT2D eigenvalue weighted by molar-refractivity contribution is 8.01. The van der Waals surface area contributed by atoms with Gasteiger partial charge < -0.3 is 11.1 Å². The number of aromatic nitrogens is 1. The van der Waals surface area contributed by atoms with Crippen LogP contribution in [-0.4, -0.2) is 23.2 Å². The van der Waals surface area contributed by atoms with E-state index in [4.69, 9.17) is 5.73 Å². The fourth-order valence-electron chi connectivity index (χ4n) is 0.907. The van der Waals surface area contributed by atoms with Gasteiger partial charge in [-0.2, -0.15) is 0 Å². The second-order valence-electron chi connectivity index (χ2n) is 2.76. The van der Waals surface area contributed by atoms with Crippen molar-refractivity contribution in [2.75, 3.05) is 18.0 Å². The Hall–Kier alpha value is -0.750. The Labute approximate surface area is 91.3 Å². The van der Waals surface area contributed by atoms with Gasteiger partial charge in [0.15, 0.2) is 5.13 Å². The molecule has 6 heteroatoms. The van der Waals surface area contributed by atoms with Crippen LogP contribution in [0.1, 0.15) is 12.6 Å². The summed E-state index contributed by atoms with van der Waals surface area (Å²) in [6.07, 6.45) is 0. The van der Waals surface area contributed by atoms with Crippen molar-refractivity contribution in [1.82, 2.24) is 10.3 Å². The summed E-state index contributed by atoms with van der Waals surface area (Å²) in [6.45, 7) is 4.13. The highest BCUT2D eigenvalue weighted by Gasteiger charge is 2.05. The van der Waals surface area contributed by atoms with Crippen LogP contribution < -0.4 is 11.1 Å². The molecule has 0 fully saturated rings. The monoisotopic (exact) mass is 231 g/mol. The Bertz CT molecular complexity index is 324. The van der Waals surface area contributed by atoms with Crippen LogP contribution in [0, 0.1) is 6.92 Å². The first kappa shape index (κ1) is 11.3. The molecule has 0 atom stereocenters. The molecule has 0 saturated heterocycles. The SMILES string of the molecule is CC(=O)NCCSc1sc(N)nc1C. The van der Waals surface area contributed by atoms with Crippen LogP contribution in [0.25, 0.3) is 0 Å². The number of carbonyl (C=O) groups excluding carboxylic acids is 1. The fourth-order valence-corrected chi connectivity index (χ4v) is 2.86. The molecular weight excluding hydrogens is 218 g/mol. The van der Waals surface area contributed by atoms with Crippen molar-refractivity contribution in [3.63, 3.8) is 0 Å². The fraction of sp³-hybridized carbons (Fsp3) is 0.500. The Morgan fingerprint density at radius 1 is 1.71 bits per heavy atom. The van der Waals surface area contributed by atoms with Gasteiger partial charge in [-0.05, 0) is 6.92 Å². The van der Waals surface area contributed by atoms with Gasteiger partial charge in [0.1, 0.15) is 0 Å². The van der Waals surface area contributed by atoms with E-state index < -0.39 is 0 Å². The first-order valence-electron chi connectivity index (χ1n) is 4.19. The molecule has 0 bridgehead atoms. The molecule has 0 spiro atoms. The molecule has 78 valence electrons. The lowest BCUT2D eigenvalue weighted by molar-refractivity contribution is -0.118. The van der Waals surface area contributed by atoms with E-state index in [2.05, 4.69) is 10.3 Å². The molecule has 1 heterocycles. The molecule has 0 radical (unpaired) electrons. The number of thiazole rings is 1. The number of nitrogen functional groups attached to an aromatic ring is 1. The van der Waals surface area contributed by atoms with Crippen molar-refractivity contribution in [3.05, 3.63) is 5.69 Å². The smallest absolute Gasteiger partial charge is 0.216 e. The summed E-state index contributed by atoms with van der Waals surface area (Å²) in [5.41, 5.74) is 6.53. The predicted molar refractivity (Wildman–Crippen MR) is 60.7 cm³/mol. The highest BCUT2D eigenvalue weighted by Crippen LogP contribution is 2.29. The minimum atomic E-state index is 0.00569. The largest absolute Gasteiger partial charge is 0.375 e.